The van der Waals surface area contributed by atoms with Crippen LogP contribution in [-0.2, 0) is 6.42 Å². The molecule has 1 atom stereocenters. The Morgan fingerprint density at radius 3 is 2.58 bits per heavy atom. The van der Waals surface area contributed by atoms with E-state index in [1.165, 1.54) is 0 Å². The molecule has 2 aromatic carbocycles. The van der Waals surface area contributed by atoms with Crippen LogP contribution in [0.15, 0.2) is 46.9 Å². The molecule has 0 aromatic heterocycles. The van der Waals surface area contributed by atoms with Crippen molar-refractivity contribution in [1.82, 2.24) is 0 Å². The topological polar surface area (TPSA) is 29.5 Å². The molecule has 1 N–H and O–H groups in total. The molecule has 0 saturated heterocycles. The van der Waals surface area contributed by atoms with Gasteiger partial charge < -0.3 is 9.84 Å². The molecule has 0 bridgehead atoms. The Morgan fingerprint density at radius 2 is 1.89 bits per heavy atom. The molecule has 1 unspecified atom stereocenters. The van der Waals surface area contributed by atoms with Crippen LogP contribution in [0.4, 0.5) is 0 Å². The summed E-state index contributed by atoms with van der Waals surface area (Å²) in [5.41, 5.74) is 1.94. The second-order valence-corrected chi connectivity index (χ2v) is 5.34. The lowest BCUT2D eigenvalue weighted by Gasteiger charge is -2.15. The fraction of sp³-hybridized carbons (Fsp3) is 0.250. The lowest BCUT2D eigenvalue weighted by molar-refractivity contribution is 0.195. The standard InChI is InChI=1S/C16H17BrO2/c1-3-12-6-4-5-7-15(12)19-16-10-13(17)8-9-14(16)11(2)18/h4-11,18H,3H2,1-2H3. The van der Waals surface area contributed by atoms with Crippen LogP contribution >= 0.6 is 15.9 Å². The van der Waals surface area contributed by atoms with Gasteiger partial charge >= 0.3 is 0 Å². The van der Waals surface area contributed by atoms with E-state index >= 15 is 0 Å². The van der Waals surface area contributed by atoms with Crippen molar-refractivity contribution in [3.05, 3.63) is 58.1 Å². The van der Waals surface area contributed by atoms with Gasteiger partial charge in [-0.1, -0.05) is 47.1 Å². The van der Waals surface area contributed by atoms with Crippen LogP contribution in [-0.4, -0.2) is 5.11 Å². The summed E-state index contributed by atoms with van der Waals surface area (Å²) in [6, 6.07) is 13.6. The molecule has 2 aromatic rings. The molecule has 0 aliphatic rings. The third kappa shape index (κ3) is 3.37. The summed E-state index contributed by atoms with van der Waals surface area (Å²) in [4.78, 5) is 0. The Morgan fingerprint density at radius 1 is 1.16 bits per heavy atom. The quantitative estimate of drug-likeness (QED) is 0.871. The van der Waals surface area contributed by atoms with Crippen molar-refractivity contribution in [2.24, 2.45) is 0 Å². The molecular formula is C16H17BrO2. The van der Waals surface area contributed by atoms with Gasteiger partial charge in [-0.05, 0) is 37.1 Å². The number of ether oxygens (including phenoxy) is 1. The predicted octanol–water partition coefficient (Wildman–Crippen LogP) is 4.86. The van der Waals surface area contributed by atoms with Crippen LogP contribution in [0.3, 0.4) is 0 Å². The van der Waals surface area contributed by atoms with Gasteiger partial charge in [-0.25, -0.2) is 0 Å². The largest absolute Gasteiger partial charge is 0.457 e. The summed E-state index contributed by atoms with van der Waals surface area (Å²) in [6.45, 7) is 3.83. The van der Waals surface area contributed by atoms with E-state index in [4.69, 9.17) is 4.74 Å². The summed E-state index contributed by atoms with van der Waals surface area (Å²) in [6.07, 6.45) is 0.352. The monoisotopic (exact) mass is 320 g/mol. The molecule has 3 heteroatoms. The molecular weight excluding hydrogens is 304 g/mol. The third-order valence-corrected chi connectivity index (χ3v) is 3.49. The van der Waals surface area contributed by atoms with Crippen molar-refractivity contribution >= 4 is 15.9 Å². The Balaban J connectivity index is 2.39. The van der Waals surface area contributed by atoms with Gasteiger partial charge in [0.1, 0.15) is 11.5 Å². The second kappa shape index (κ2) is 6.22. The molecule has 100 valence electrons. The minimum Gasteiger partial charge on any atom is -0.457 e. The summed E-state index contributed by atoms with van der Waals surface area (Å²) in [5.74, 6) is 1.52. The molecule has 0 amide bonds. The van der Waals surface area contributed by atoms with Crippen LogP contribution < -0.4 is 4.74 Å². The van der Waals surface area contributed by atoms with Gasteiger partial charge in [-0.3, -0.25) is 0 Å². The SMILES string of the molecule is CCc1ccccc1Oc1cc(Br)ccc1C(C)O. The lowest BCUT2D eigenvalue weighted by Crippen LogP contribution is -1.97. The molecule has 0 spiro atoms. The number of aliphatic hydroxyl groups is 1. The number of para-hydroxylation sites is 1. The van der Waals surface area contributed by atoms with E-state index in [0.717, 1.165) is 27.8 Å². The number of aliphatic hydroxyl groups excluding tert-OH is 1. The first-order chi connectivity index (χ1) is 9.11. The van der Waals surface area contributed by atoms with E-state index in [0.29, 0.717) is 5.75 Å². The number of aryl methyl sites for hydroxylation is 1. The molecule has 0 heterocycles. The van der Waals surface area contributed by atoms with E-state index in [2.05, 4.69) is 28.9 Å². The van der Waals surface area contributed by atoms with Crippen LogP contribution in [0, 0.1) is 0 Å². The average Bonchev–Trinajstić information content (AvgIpc) is 2.39. The van der Waals surface area contributed by atoms with Crippen molar-refractivity contribution in [3.63, 3.8) is 0 Å². The normalized spacial score (nSPS) is 12.2. The smallest absolute Gasteiger partial charge is 0.134 e. The first-order valence-electron chi connectivity index (χ1n) is 6.35. The van der Waals surface area contributed by atoms with Crippen molar-refractivity contribution in [1.29, 1.82) is 0 Å². The first-order valence-corrected chi connectivity index (χ1v) is 7.14. The highest BCUT2D eigenvalue weighted by molar-refractivity contribution is 9.10. The molecule has 0 saturated carbocycles. The average molecular weight is 321 g/mol. The maximum Gasteiger partial charge on any atom is 0.134 e. The summed E-state index contributed by atoms with van der Waals surface area (Å²) in [5, 5.41) is 9.80. The Labute approximate surface area is 122 Å². The van der Waals surface area contributed by atoms with Crippen molar-refractivity contribution in [2.75, 3.05) is 0 Å². The summed E-state index contributed by atoms with van der Waals surface area (Å²) >= 11 is 3.43. The lowest BCUT2D eigenvalue weighted by atomic mass is 10.1. The van der Waals surface area contributed by atoms with Crippen molar-refractivity contribution in [3.8, 4) is 11.5 Å². The van der Waals surface area contributed by atoms with Gasteiger partial charge in [-0.2, -0.15) is 0 Å². The summed E-state index contributed by atoms with van der Waals surface area (Å²) < 4.78 is 6.92. The third-order valence-electron chi connectivity index (χ3n) is 3.00. The molecule has 19 heavy (non-hydrogen) atoms. The fourth-order valence-corrected chi connectivity index (χ4v) is 2.30. The van der Waals surface area contributed by atoms with Gasteiger partial charge in [-0.15, -0.1) is 0 Å². The van der Waals surface area contributed by atoms with Crippen LogP contribution in [0.25, 0.3) is 0 Å². The minimum absolute atomic E-state index is 0.558. The zero-order valence-corrected chi connectivity index (χ0v) is 12.6. The second-order valence-electron chi connectivity index (χ2n) is 4.42. The maximum absolute atomic E-state index is 9.80. The Kier molecular flexibility index (Phi) is 4.61. The van der Waals surface area contributed by atoms with E-state index in [1.54, 1.807) is 6.92 Å². The highest BCUT2D eigenvalue weighted by atomic mass is 79.9. The molecule has 2 rings (SSSR count). The van der Waals surface area contributed by atoms with Crippen LogP contribution in [0.1, 0.15) is 31.1 Å². The van der Waals surface area contributed by atoms with Gasteiger partial charge in [0.25, 0.3) is 0 Å². The number of rotatable bonds is 4. The first kappa shape index (κ1) is 14.1. The van der Waals surface area contributed by atoms with Crippen molar-refractivity contribution < 1.29 is 9.84 Å². The predicted molar refractivity (Wildman–Crippen MR) is 80.7 cm³/mol. The zero-order chi connectivity index (χ0) is 13.8. The molecule has 0 fully saturated rings. The number of hydrogen-bond acceptors (Lipinski definition) is 2. The highest BCUT2D eigenvalue weighted by Gasteiger charge is 2.12. The van der Waals surface area contributed by atoms with E-state index < -0.39 is 6.10 Å². The van der Waals surface area contributed by atoms with Gasteiger partial charge in [0.2, 0.25) is 0 Å². The Hall–Kier alpha value is -1.32. The van der Waals surface area contributed by atoms with E-state index in [9.17, 15) is 5.11 Å². The van der Waals surface area contributed by atoms with E-state index in [-0.39, 0.29) is 0 Å². The summed E-state index contributed by atoms with van der Waals surface area (Å²) in [7, 11) is 0. The number of benzene rings is 2. The fourth-order valence-electron chi connectivity index (χ4n) is 1.96. The minimum atomic E-state index is -0.558. The zero-order valence-electron chi connectivity index (χ0n) is 11.1. The molecule has 0 aliphatic carbocycles. The highest BCUT2D eigenvalue weighted by Crippen LogP contribution is 2.33. The Bertz CT molecular complexity index is 564. The van der Waals surface area contributed by atoms with Gasteiger partial charge in [0, 0.05) is 10.0 Å². The van der Waals surface area contributed by atoms with Crippen LogP contribution in [0.5, 0.6) is 11.5 Å². The maximum atomic E-state index is 9.80. The van der Waals surface area contributed by atoms with E-state index in [1.807, 2.05) is 36.4 Å². The van der Waals surface area contributed by atoms with Gasteiger partial charge in [0.15, 0.2) is 0 Å². The van der Waals surface area contributed by atoms with Crippen molar-refractivity contribution in [2.45, 2.75) is 26.4 Å². The molecule has 0 aliphatic heterocycles. The van der Waals surface area contributed by atoms with Gasteiger partial charge in [0.05, 0.1) is 6.10 Å². The van der Waals surface area contributed by atoms with Crippen LogP contribution in [0.2, 0.25) is 0 Å². The number of hydrogen-bond donors (Lipinski definition) is 1. The molecule has 2 nitrogen and oxygen atoms in total. The molecule has 0 radical (unpaired) electrons. The number of halogens is 1.